The number of hydrogen-bond acceptors (Lipinski definition) is 4. The number of imidazole rings is 2. The number of carbonyl (C=O) groups excluding carboxylic acids is 1. The molecule has 0 aliphatic carbocycles. The zero-order valence-electron chi connectivity index (χ0n) is 17.0. The first-order valence-electron chi connectivity index (χ1n) is 10.1. The molecule has 1 fully saturated rings. The number of nitrogens with zero attached hydrogens (tertiary/aromatic N) is 4. The highest BCUT2D eigenvalue weighted by Gasteiger charge is 2.32. The van der Waals surface area contributed by atoms with Gasteiger partial charge in [-0.3, -0.25) is 9.36 Å². The molecule has 1 atom stereocenters. The van der Waals surface area contributed by atoms with Crippen LogP contribution < -0.4 is 0 Å². The van der Waals surface area contributed by atoms with Gasteiger partial charge < -0.3 is 9.88 Å². The second-order valence-corrected chi connectivity index (χ2v) is 8.40. The van der Waals surface area contributed by atoms with Gasteiger partial charge in [-0.15, -0.1) is 0 Å². The summed E-state index contributed by atoms with van der Waals surface area (Å²) in [5, 5.41) is 0.925. The van der Waals surface area contributed by atoms with Crippen molar-refractivity contribution >= 4 is 28.7 Å². The molecule has 1 aliphatic rings. The maximum atomic E-state index is 13.3. The number of amides is 1. The fourth-order valence-electron chi connectivity index (χ4n) is 4.16. The van der Waals surface area contributed by atoms with Crippen molar-refractivity contribution in [2.75, 3.05) is 12.8 Å². The van der Waals surface area contributed by atoms with Crippen molar-refractivity contribution in [1.82, 2.24) is 24.4 Å². The maximum Gasteiger partial charge on any atom is 0.254 e. The van der Waals surface area contributed by atoms with Crippen LogP contribution in [0.1, 0.15) is 40.6 Å². The van der Waals surface area contributed by atoms with Crippen LogP contribution in [-0.2, 0) is 0 Å². The molecule has 1 unspecified atom stereocenters. The van der Waals surface area contributed by atoms with Gasteiger partial charge in [0.05, 0.1) is 17.1 Å². The Morgan fingerprint density at radius 3 is 2.83 bits per heavy atom. The van der Waals surface area contributed by atoms with E-state index in [0.717, 1.165) is 47.1 Å². The molecule has 0 bridgehead atoms. The zero-order chi connectivity index (χ0) is 20.7. The Hall–Kier alpha value is -3.06. The fourth-order valence-corrected chi connectivity index (χ4v) is 4.69. The Morgan fingerprint density at radius 2 is 2.03 bits per heavy atom. The second-order valence-electron chi connectivity index (χ2n) is 7.63. The standard InChI is InChI=1S/C23H23N5OS/c1-15-5-10-18-19(14-15)26-21(25-18)20-4-3-12-28(20)22(29)16-6-8-17(9-7-16)27-13-11-24-23(27)30-2/h5-11,13-14,20H,3-4,12H2,1-2H3,(H,25,26). The number of rotatable bonds is 4. The fraction of sp³-hybridized carbons (Fsp3) is 0.261. The highest BCUT2D eigenvalue weighted by atomic mass is 32.2. The summed E-state index contributed by atoms with van der Waals surface area (Å²) >= 11 is 1.59. The van der Waals surface area contributed by atoms with Crippen LogP contribution in [0.5, 0.6) is 0 Å². The number of H-pyrrole nitrogens is 1. The Morgan fingerprint density at radius 1 is 1.20 bits per heavy atom. The van der Waals surface area contributed by atoms with Crippen LogP contribution in [0, 0.1) is 6.92 Å². The summed E-state index contributed by atoms with van der Waals surface area (Å²) in [6.45, 7) is 2.82. The lowest BCUT2D eigenvalue weighted by Crippen LogP contribution is -2.31. The number of aromatic amines is 1. The third-order valence-electron chi connectivity index (χ3n) is 5.67. The number of aryl methyl sites for hydroxylation is 1. The van der Waals surface area contributed by atoms with E-state index in [-0.39, 0.29) is 11.9 Å². The summed E-state index contributed by atoms with van der Waals surface area (Å²) in [4.78, 5) is 27.8. The van der Waals surface area contributed by atoms with Gasteiger partial charge in [-0.1, -0.05) is 17.8 Å². The first-order valence-corrected chi connectivity index (χ1v) is 11.3. The summed E-state index contributed by atoms with van der Waals surface area (Å²) in [5.41, 5.74) is 4.87. The molecule has 1 aliphatic heterocycles. The molecular weight excluding hydrogens is 394 g/mol. The summed E-state index contributed by atoms with van der Waals surface area (Å²) in [7, 11) is 0. The number of thioether (sulfide) groups is 1. The van der Waals surface area contributed by atoms with Crippen molar-refractivity contribution in [3.63, 3.8) is 0 Å². The van der Waals surface area contributed by atoms with E-state index >= 15 is 0 Å². The molecule has 0 radical (unpaired) electrons. The van der Waals surface area contributed by atoms with Crippen LogP contribution in [0.4, 0.5) is 0 Å². The van der Waals surface area contributed by atoms with Gasteiger partial charge in [-0.2, -0.15) is 0 Å². The first-order chi connectivity index (χ1) is 14.6. The number of likely N-dealkylation sites (tertiary alicyclic amines) is 1. The van der Waals surface area contributed by atoms with Gasteiger partial charge in [-0.05, 0) is 68.0 Å². The largest absolute Gasteiger partial charge is 0.340 e. The van der Waals surface area contributed by atoms with Gasteiger partial charge in [0.2, 0.25) is 0 Å². The zero-order valence-corrected chi connectivity index (χ0v) is 17.8. The molecule has 7 heteroatoms. The topological polar surface area (TPSA) is 66.8 Å². The SMILES string of the molecule is CSc1nccn1-c1ccc(C(=O)N2CCCC2c2nc3ccc(C)cc3[nH]2)cc1. The Bertz CT molecular complexity index is 1210. The highest BCUT2D eigenvalue weighted by molar-refractivity contribution is 7.98. The minimum absolute atomic E-state index is 0.0124. The van der Waals surface area contributed by atoms with Crippen molar-refractivity contribution < 1.29 is 4.79 Å². The minimum Gasteiger partial charge on any atom is -0.340 e. The highest BCUT2D eigenvalue weighted by Crippen LogP contribution is 2.33. The van der Waals surface area contributed by atoms with Gasteiger partial charge in [-0.25, -0.2) is 9.97 Å². The third kappa shape index (κ3) is 3.29. The smallest absolute Gasteiger partial charge is 0.254 e. The van der Waals surface area contributed by atoms with Crippen molar-refractivity contribution in [1.29, 1.82) is 0 Å². The molecule has 5 rings (SSSR count). The van der Waals surface area contributed by atoms with E-state index < -0.39 is 0 Å². The molecule has 4 aromatic rings. The number of carbonyl (C=O) groups is 1. The van der Waals surface area contributed by atoms with E-state index in [2.05, 4.69) is 29.0 Å². The molecule has 1 amide bonds. The molecule has 6 nitrogen and oxygen atoms in total. The predicted molar refractivity (Wildman–Crippen MR) is 119 cm³/mol. The molecule has 0 spiro atoms. The van der Waals surface area contributed by atoms with E-state index in [0.29, 0.717) is 5.56 Å². The average molecular weight is 418 g/mol. The van der Waals surface area contributed by atoms with Crippen molar-refractivity contribution in [3.05, 3.63) is 71.8 Å². The van der Waals surface area contributed by atoms with Crippen molar-refractivity contribution in [2.45, 2.75) is 31.0 Å². The van der Waals surface area contributed by atoms with Gasteiger partial charge in [0, 0.05) is 30.2 Å². The van der Waals surface area contributed by atoms with Crippen LogP contribution in [0.3, 0.4) is 0 Å². The molecule has 3 heterocycles. The van der Waals surface area contributed by atoms with Gasteiger partial charge in [0.1, 0.15) is 5.82 Å². The number of hydrogen-bond donors (Lipinski definition) is 1. The summed E-state index contributed by atoms with van der Waals surface area (Å²) in [6.07, 6.45) is 7.63. The molecular formula is C23H23N5OS. The lowest BCUT2D eigenvalue weighted by atomic mass is 10.1. The number of aromatic nitrogens is 4. The van der Waals surface area contributed by atoms with E-state index in [1.54, 1.807) is 18.0 Å². The van der Waals surface area contributed by atoms with Crippen LogP contribution in [0.25, 0.3) is 16.7 Å². The molecule has 0 saturated carbocycles. The first kappa shape index (κ1) is 18.9. The van der Waals surface area contributed by atoms with E-state index in [9.17, 15) is 4.79 Å². The Labute approximate surface area is 179 Å². The lowest BCUT2D eigenvalue weighted by Gasteiger charge is -2.23. The predicted octanol–water partition coefficient (Wildman–Crippen LogP) is 4.76. The quantitative estimate of drug-likeness (QED) is 0.486. The minimum atomic E-state index is -0.0124. The Balaban J connectivity index is 1.40. The van der Waals surface area contributed by atoms with Gasteiger partial charge in [0.25, 0.3) is 5.91 Å². The van der Waals surface area contributed by atoms with Crippen LogP contribution in [0.15, 0.2) is 60.0 Å². The van der Waals surface area contributed by atoms with Gasteiger partial charge in [0.15, 0.2) is 5.16 Å². The summed E-state index contributed by atoms with van der Waals surface area (Å²) in [5.74, 6) is 0.928. The number of nitrogens with one attached hydrogen (secondary N) is 1. The van der Waals surface area contributed by atoms with Crippen molar-refractivity contribution in [3.8, 4) is 5.69 Å². The maximum absolute atomic E-state index is 13.3. The second kappa shape index (κ2) is 7.65. The molecule has 152 valence electrons. The van der Waals surface area contributed by atoms with Gasteiger partial charge >= 0.3 is 0 Å². The third-order valence-corrected chi connectivity index (χ3v) is 6.33. The average Bonchev–Trinajstić information content (AvgIpc) is 3.51. The van der Waals surface area contributed by atoms with E-state index in [1.807, 2.05) is 52.3 Å². The van der Waals surface area contributed by atoms with E-state index in [4.69, 9.17) is 4.98 Å². The molecule has 1 N–H and O–H groups in total. The Kier molecular flexibility index (Phi) is 4.83. The molecule has 30 heavy (non-hydrogen) atoms. The van der Waals surface area contributed by atoms with Crippen LogP contribution in [0.2, 0.25) is 0 Å². The molecule has 2 aromatic heterocycles. The summed E-state index contributed by atoms with van der Waals surface area (Å²) < 4.78 is 2.02. The lowest BCUT2D eigenvalue weighted by molar-refractivity contribution is 0.0730. The van der Waals surface area contributed by atoms with Crippen LogP contribution >= 0.6 is 11.8 Å². The van der Waals surface area contributed by atoms with Crippen molar-refractivity contribution in [2.24, 2.45) is 0 Å². The number of benzene rings is 2. The normalized spacial score (nSPS) is 16.5. The molecule has 1 saturated heterocycles. The van der Waals surface area contributed by atoms with Crippen LogP contribution in [-0.4, -0.2) is 43.1 Å². The monoisotopic (exact) mass is 417 g/mol. The number of fused-ring (bicyclic) bond motifs is 1. The van der Waals surface area contributed by atoms with E-state index in [1.165, 1.54) is 5.56 Å². The molecule has 2 aromatic carbocycles. The summed E-state index contributed by atoms with van der Waals surface area (Å²) in [6, 6.07) is 13.9.